The summed E-state index contributed by atoms with van der Waals surface area (Å²) in [5, 5.41) is 0. The second-order valence-corrected chi connectivity index (χ2v) is 6.87. The minimum atomic E-state index is -3.75. The summed E-state index contributed by atoms with van der Waals surface area (Å²) in [6, 6.07) is 3.67. The van der Waals surface area contributed by atoms with Gasteiger partial charge in [-0.15, -0.1) is 0 Å². The number of hydrogen-bond donors (Lipinski definition) is 1. The lowest BCUT2D eigenvalue weighted by Gasteiger charge is -2.16. The highest BCUT2D eigenvalue weighted by Gasteiger charge is 2.36. The Morgan fingerprint density at radius 3 is 2.33 bits per heavy atom. The zero-order valence-corrected chi connectivity index (χ0v) is 11.2. The minimum Gasteiger partial charge on any atom is -0.399 e. The number of nitrogens with two attached hydrogens (primary N) is 1. The van der Waals surface area contributed by atoms with E-state index in [1.54, 1.807) is 0 Å². The number of benzene rings is 1. The lowest BCUT2D eigenvalue weighted by atomic mass is 10.0. The number of anilines is 1. The van der Waals surface area contributed by atoms with Crippen molar-refractivity contribution in [2.75, 3.05) is 18.8 Å². The van der Waals surface area contributed by atoms with Crippen molar-refractivity contribution in [1.82, 2.24) is 4.31 Å². The Morgan fingerprint density at radius 1 is 1.28 bits per heavy atom. The van der Waals surface area contributed by atoms with E-state index in [0.29, 0.717) is 13.1 Å². The first-order valence-corrected chi connectivity index (χ1v) is 7.31. The number of sulfonamides is 1. The lowest BCUT2D eigenvalue weighted by Crippen LogP contribution is -2.29. The molecule has 0 aromatic heterocycles. The molecule has 1 aliphatic rings. The van der Waals surface area contributed by atoms with Crippen LogP contribution in [0.2, 0.25) is 0 Å². The quantitative estimate of drug-likeness (QED) is 0.833. The Bertz CT molecular complexity index is 549. The molecule has 0 aliphatic carbocycles. The summed E-state index contributed by atoms with van der Waals surface area (Å²) in [7, 11) is -3.75. The first-order chi connectivity index (χ1) is 8.32. The topological polar surface area (TPSA) is 63.4 Å². The van der Waals surface area contributed by atoms with Gasteiger partial charge in [-0.25, -0.2) is 12.8 Å². The van der Waals surface area contributed by atoms with Crippen molar-refractivity contribution < 1.29 is 12.8 Å². The van der Waals surface area contributed by atoms with Crippen molar-refractivity contribution in [2.24, 2.45) is 11.8 Å². The van der Waals surface area contributed by atoms with Crippen LogP contribution in [-0.2, 0) is 10.0 Å². The van der Waals surface area contributed by atoms with Crippen molar-refractivity contribution in [1.29, 1.82) is 0 Å². The van der Waals surface area contributed by atoms with Crippen molar-refractivity contribution in [3.05, 3.63) is 24.0 Å². The molecule has 1 aromatic rings. The molecule has 6 heteroatoms. The Morgan fingerprint density at radius 2 is 1.83 bits per heavy atom. The summed E-state index contributed by atoms with van der Waals surface area (Å²) >= 11 is 0. The number of halogens is 1. The molecule has 1 saturated heterocycles. The van der Waals surface area contributed by atoms with Gasteiger partial charge in [-0.2, -0.15) is 4.31 Å². The minimum absolute atomic E-state index is 0.217. The van der Waals surface area contributed by atoms with Gasteiger partial charge in [0.05, 0.1) is 0 Å². The molecule has 18 heavy (non-hydrogen) atoms. The summed E-state index contributed by atoms with van der Waals surface area (Å²) in [5.41, 5.74) is 5.64. The van der Waals surface area contributed by atoms with Crippen LogP contribution in [0.15, 0.2) is 23.1 Å². The molecule has 4 nitrogen and oxygen atoms in total. The molecule has 0 bridgehead atoms. The molecule has 1 fully saturated rings. The van der Waals surface area contributed by atoms with Crippen LogP contribution in [0.1, 0.15) is 13.8 Å². The standard InChI is InChI=1S/C12H17FN2O2S/c1-8-6-15(7-9(8)2)18(16,17)12-4-3-10(14)5-11(12)13/h3-5,8-9H,6-7,14H2,1-2H3. The van der Waals surface area contributed by atoms with E-state index in [1.807, 2.05) is 13.8 Å². The van der Waals surface area contributed by atoms with Crippen molar-refractivity contribution in [3.8, 4) is 0 Å². The summed E-state index contributed by atoms with van der Waals surface area (Å²) < 4.78 is 39.7. The molecular weight excluding hydrogens is 255 g/mol. The smallest absolute Gasteiger partial charge is 0.246 e. The van der Waals surface area contributed by atoms with Crippen LogP contribution in [0.5, 0.6) is 0 Å². The van der Waals surface area contributed by atoms with Crippen LogP contribution in [0.25, 0.3) is 0 Å². The first-order valence-electron chi connectivity index (χ1n) is 5.87. The second-order valence-electron chi connectivity index (χ2n) is 4.97. The third kappa shape index (κ3) is 2.22. The molecule has 0 saturated carbocycles. The average Bonchev–Trinajstić information content (AvgIpc) is 2.59. The molecule has 2 rings (SSSR count). The van der Waals surface area contributed by atoms with Gasteiger partial charge in [0, 0.05) is 18.8 Å². The van der Waals surface area contributed by atoms with E-state index >= 15 is 0 Å². The zero-order chi connectivity index (χ0) is 13.5. The third-order valence-electron chi connectivity index (χ3n) is 3.53. The fourth-order valence-electron chi connectivity index (χ4n) is 2.14. The number of hydrogen-bond acceptors (Lipinski definition) is 3. The largest absolute Gasteiger partial charge is 0.399 e. The van der Waals surface area contributed by atoms with E-state index in [1.165, 1.54) is 16.4 Å². The molecule has 0 amide bonds. The summed E-state index contributed by atoms with van der Waals surface area (Å²) in [5.74, 6) is -0.213. The molecule has 1 aliphatic heterocycles. The molecule has 1 heterocycles. The highest BCUT2D eigenvalue weighted by Crippen LogP contribution is 2.29. The zero-order valence-electron chi connectivity index (χ0n) is 10.4. The van der Waals surface area contributed by atoms with Crippen LogP contribution in [0, 0.1) is 17.7 Å². The summed E-state index contributed by atoms with van der Waals surface area (Å²) in [6.07, 6.45) is 0. The van der Waals surface area contributed by atoms with Gasteiger partial charge in [0.2, 0.25) is 10.0 Å². The van der Waals surface area contributed by atoms with Gasteiger partial charge >= 0.3 is 0 Å². The predicted octanol–water partition coefficient (Wildman–Crippen LogP) is 1.68. The Labute approximate surface area is 107 Å². The SMILES string of the molecule is CC1CN(S(=O)(=O)c2ccc(N)cc2F)CC1C. The van der Waals surface area contributed by atoms with E-state index in [4.69, 9.17) is 5.73 Å². The second kappa shape index (κ2) is 4.51. The van der Waals surface area contributed by atoms with Gasteiger partial charge in [0.25, 0.3) is 0 Å². The molecule has 100 valence electrons. The van der Waals surface area contributed by atoms with Crippen LogP contribution in [0.4, 0.5) is 10.1 Å². The highest BCUT2D eigenvalue weighted by atomic mass is 32.2. The fraction of sp³-hybridized carbons (Fsp3) is 0.500. The maximum atomic E-state index is 13.7. The molecule has 0 spiro atoms. The van der Waals surface area contributed by atoms with Gasteiger partial charge in [-0.05, 0) is 30.0 Å². The van der Waals surface area contributed by atoms with E-state index in [-0.39, 0.29) is 22.4 Å². The maximum absolute atomic E-state index is 13.7. The molecule has 1 aromatic carbocycles. The lowest BCUT2D eigenvalue weighted by molar-refractivity contribution is 0.457. The van der Waals surface area contributed by atoms with Gasteiger partial charge in [0.1, 0.15) is 10.7 Å². The molecular formula is C12H17FN2O2S. The van der Waals surface area contributed by atoms with Crippen LogP contribution in [-0.4, -0.2) is 25.8 Å². The Kier molecular flexibility index (Phi) is 3.33. The van der Waals surface area contributed by atoms with Crippen LogP contribution in [0.3, 0.4) is 0 Å². The molecule has 0 radical (unpaired) electrons. The highest BCUT2D eigenvalue weighted by molar-refractivity contribution is 7.89. The van der Waals surface area contributed by atoms with Gasteiger partial charge in [-0.3, -0.25) is 0 Å². The van der Waals surface area contributed by atoms with E-state index in [2.05, 4.69) is 0 Å². The van der Waals surface area contributed by atoms with Crippen LogP contribution >= 0.6 is 0 Å². The average molecular weight is 272 g/mol. The van der Waals surface area contributed by atoms with Crippen molar-refractivity contribution >= 4 is 15.7 Å². The summed E-state index contributed by atoms with van der Waals surface area (Å²) in [6.45, 7) is 4.87. The molecule has 2 N–H and O–H groups in total. The number of rotatable bonds is 2. The normalized spacial score (nSPS) is 25.5. The Hall–Kier alpha value is -1.14. The first kappa shape index (κ1) is 13.3. The van der Waals surface area contributed by atoms with E-state index in [0.717, 1.165) is 6.07 Å². The molecule has 2 unspecified atom stereocenters. The molecule has 2 atom stereocenters. The van der Waals surface area contributed by atoms with Gasteiger partial charge in [-0.1, -0.05) is 13.8 Å². The fourth-order valence-corrected chi connectivity index (χ4v) is 3.82. The maximum Gasteiger partial charge on any atom is 0.246 e. The predicted molar refractivity (Wildman–Crippen MR) is 67.9 cm³/mol. The van der Waals surface area contributed by atoms with E-state index in [9.17, 15) is 12.8 Å². The van der Waals surface area contributed by atoms with Crippen molar-refractivity contribution in [2.45, 2.75) is 18.7 Å². The monoisotopic (exact) mass is 272 g/mol. The third-order valence-corrected chi connectivity index (χ3v) is 5.39. The van der Waals surface area contributed by atoms with Gasteiger partial charge in [0.15, 0.2) is 0 Å². The number of nitrogen functional groups attached to an aromatic ring is 1. The Balaban J connectivity index is 2.37. The number of nitrogens with zero attached hydrogens (tertiary/aromatic N) is 1. The van der Waals surface area contributed by atoms with Gasteiger partial charge < -0.3 is 5.73 Å². The van der Waals surface area contributed by atoms with Crippen molar-refractivity contribution in [3.63, 3.8) is 0 Å². The van der Waals surface area contributed by atoms with Crippen LogP contribution < -0.4 is 5.73 Å². The van der Waals surface area contributed by atoms with E-state index < -0.39 is 15.8 Å². The summed E-state index contributed by atoms with van der Waals surface area (Å²) in [4.78, 5) is -0.294.